The summed E-state index contributed by atoms with van der Waals surface area (Å²) in [5, 5.41) is 3.10. The summed E-state index contributed by atoms with van der Waals surface area (Å²) < 4.78 is 13.9. The Morgan fingerprint density at radius 2 is 1.88 bits per heavy atom. The van der Waals surface area contributed by atoms with Gasteiger partial charge in [0.15, 0.2) is 0 Å². The van der Waals surface area contributed by atoms with Crippen LogP contribution in [0, 0.1) is 18.7 Å². The number of nitrogens with zero attached hydrogens (tertiary/aromatic N) is 2. The van der Waals surface area contributed by atoms with Gasteiger partial charge in [-0.25, -0.2) is 4.39 Å². The summed E-state index contributed by atoms with van der Waals surface area (Å²) in [5.41, 5.74) is 4.72. The van der Waals surface area contributed by atoms with Crippen LogP contribution in [0.4, 0.5) is 10.1 Å². The molecule has 1 N–H and O–H groups in total. The standard InChI is InChI=1S/C21H32FN3/c1-4-21(17-7-5-6-8-17)25-11-9-24(10-12-25)15-18-13-19(22)14-20(23-3)16(18)2/h4,13-14,17,23H,5-12,15H2,1-3H3/b21-4-. The van der Waals surface area contributed by atoms with Crippen LogP contribution in [-0.4, -0.2) is 43.0 Å². The molecule has 1 heterocycles. The molecular weight excluding hydrogens is 313 g/mol. The largest absolute Gasteiger partial charge is 0.388 e. The Morgan fingerprint density at radius 1 is 1.20 bits per heavy atom. The lowest BCUT2D eigenvalue weighted by Crippen LogP contribution is -2.46. The monoisotopic (exact) mass is 345 g/mol. The molecular formula is C21H32FN3. The predicted molar refractivity (Wildman–Crippen MR) is 103 cm³/mol. The van der Waals surface area contributed by atoms with E-state index in [1.807, 2.05) is 7.05 Å². The van der Waals surface area contributed by atoms with Gasteiger partial charge in [0.05, 0.1) is 0 Å². The number of nitrogens with one attached hydrogen (secondary N) is 1. The van der Waals surface area contributed by atoms with Crippen molar-refractivity contribution in [1.82, 2.24) is 9.80 Å². The molecule has 0 radical (unpaired) electrons. The van der Waals surface area contributed by atoms with Gasteiger partial charge in [0.2, 0.25) is 0 Å². The first-order valence-corrected chi connectivity index (χ1v) is 9.72. The zero-order chi connectivity index (χ0) is 17.8. The third kappa shape index (κ3) is 4.17. The van der Waals surface area contributed by atoms with Crippen LogP contribution >= 0.6 is 0 Å². The minimum absolute atomic E-state index is 0.152. The van der Waals surface area contributed by atoms with Crippen LogP contribution in [0.3, 0.4) is 0 Å². The van der Waals surface area contributed by atoms with Crippen molar-refractivity contribution in [3.8, 4) is 0 Å². The number of anilines is 1. The molecule has 3 nitrogen and oxygen atoms in total. The Morgan fingerprint density at radius 3 is 2.48 bits per heavy atom. The number of hydrogen-bond acceptors (Lipinski definition) is 3. The molecule has 0 amide bonds. The van der Waals surface area contributed by atoms with Gasteiger partial charge in [0.25, 0.3) is 0 Å². The number of halogens is 1. The molecule has 3 rings (SSSR count). The first kappa shape index (κ1) is 18.2. The second-order valence-electron chi connectivity index (χ2n) is 7.45. The highest BCUT2D eigenvalue weighted by Crippen LogP contribution is 2.33. The fourth-order valence-electron chi connectivity index (χ4n) is 4.46. The van der Waals surface area contributed by atoms with E-state index in [-0.39, 0.29) is 5.82 Å². The maximum Gasteiger partial charge on any atom is 0.125 e. The lowest BCUT2D eigenvalue weighted by atomic mass is 10.0. The van der Waals surface area contributed by atoms with Gasteiger partial charge in [-0.1, -0.05) is 18.9 Å². The van der Waals surface area contributed by atoms with Crippen molar-refractivity contribution in [2.45, 2.75) is 46.1 Å². The maximum absolute atomic E-state index is 13.9. The van der Waals surface area contributed by atoms with Crippen LogP contribution in [0.15, 0.2) is 23.9 Å². The molecule has 2 aliphatic rings. The lowest BCUT2D eigenvalue weighted by Gasteiger charge is -2.39. The summed E-state index contributed by atoms with van der Waals surface area (Å²) >= 11 is 0. The SMILES string of the molecule is C/C=C(/C1CCCC1)N1CCN(Cc2cc(F)cc(NC)c2C)CC1. The molecule has 1 saturated carbocycles. The van der Waals surface area contributed by atoms with Crippen LogP contribution in [0.2, 0.25) is 0 Å². The zero-order valence-corrected chi connectivity index (χ0v) is 15.9. The zero-order valence-electron chi connectivity index (χ0n) is 15.9. The molecule has 25 heavy (non-hydrogen) atoms. The number of benzene rings is 1. The summed E-state index contributed by atoms with van der Waals surface area (Å²) in [6, 6.07) is 3.27. The van der Waals surface area contributed by atoms with Crippen LogP contribution in [0.1, 0.15) is 43.7 Å². The Bertz CT molecular complexity index is 612. The number of allylic oxidation sites excluding steroid dienone is 2. The van der Waals surface area contributed by atoms with E-state index in [0.717, 1.165) is 55.5 Å². The molecule has 0 aromatic heterocycles. The minimum Gasteiger partial charge on any atom is -0.388 e. The van der Waals surface area contributed by atoms with E-state index in [4.69, 9.17) is 0 Å². The lowest BCUT2D eigenvalue weighted by molar-refractivity contribution is 0.142. The van der Waals surface area contributed by atoms with Crippen LogP contribution < -0.4 is 5.32 Å². The molecule has 0 spiro atoms. The molecule has 1 saturated heterocycles. The van der Waals surface area contributed by atoms with Crippen molar-refractivity contribution in [3.05, 3.63) is 40.8 Å². The van der Waals surface area contributed by atoms with Crippen molar-refractivity contribution < 1.29 is 4.39 Å². The molecule has 2 fully saturated rings. The molecule has 0 unspecified atom stereocenters. The first-order chi connectivity index (χ1) is 12.1. The fourth-order valence-corrected chi connectivity index (χ4v) is 4.46. The van der Waals surface area contributed by atoms with Gasteiger partial charge in [-0.05, 0) is 55.9 Å². The Balaban J connectivity index is 1.60. The second kappa shape index (κ2) is 8.22. The van der Waals surface area contributed by atoms with Gasteiger partial charge in [0.1, 0.15) is 5.82 Å². The third-order valence-corrected chi connectivity index (χ3v) is 5.95. The van der Waals surface area contributed by atoms with Crippen molar-refractivity contribution in [3.63, 3.8) is 0 Å². The Hall–Kier alpha value is -1.55. The average Bonchev–Trinajstić information content (AvgIpc) is 3.14. The Kier molecular flexibility index (Phi) is 6.00. The summed E-state index contributed by atoms with van der Waals surface area (Å²) in [6.07, 6.45) is 7.81. The van der Waals surface area contributed by atoms with Crippen LogP contribution in [0.25, 0.3) is 0 Å². The molecule has 1 aliphatic heterocycles. The summed E-state index contributed by atoms with van der Waals surface area (Å²) in [6.45, 7) is 9.38. The number of hydrogen-bond donors (Lipinski definition) is 1. The minimum atomic E-state index is -0.152. The molecule has 0 bridgehead atoms. The summed E-state index contributed by atoms with van der Waals surface area (Å²) in [7, 11) is 1.85. The van der Waals surface area contributed by atoms with Crippen molar-refractivity contribution in [1.29, 1.82) is 0 Å². The summed E-state index contributed by atoms with van der Waals surface area (Å²) in [4.78, 5) is 5.05. The van der Waals surface area contributed by atoms with Gasteiger partial charge in [0, 0.05) is 51.2 Å². The van der Waals surface area contributed by atoms with Gasteiger partial charge in [-0.3, -0.25) is 4.90 Å². The topological polar surface area (TPSA) is 18.5 Å². The van der Waals surface area contributed by atoms with E-state index in [1.165, 1.54) is 25.7 Å². The second-order valence-corrected chi connectivity index (χ2v) is 7.45. The van der Waals surface area contributed by atoms with Crippen molar-refractivity contribution in [2.75, 3.05) is 38.5 Å². The third-order valence-electron chi connectivity index (χ3n) is 5.95. The van der Waals surface area contributed by atoms with Gasteiger partial charge < -0.3 is 10.2 Å². The van der Waals surface area contributed by atoms with E-state index >= 15 is 0 Å². The van der Waals surface area contributed by atoms with Crippen LogP contribution in [0.5, 0.6) is 0 Å². The van der Waals surface area contributed by atoms with E-state index in [2.05, 4.69) is 35.0 Å². The highest BCUT2D eigenvalue weighted by atomic mass is 19.1. The quantitative estimate of drug-likeness (QED) is 0.854. The molecule has 1 aromatic rings. The fraction of sp³-hybridized carbons (Fsp3) is 0.619. The van der Waals surface area contributed by atoms with Gasteiger partial charge >= 0.3 is 0 Å². The number of piperazine rings is 1. The van der Waals surface area contributed by atoms with Gasteiger partial charge in [-0.15, -0.1) is 0 Å². The molecule has 1 aliphatic carbocycles. The summed E-state index contributed by atoms with van der Waals surface area (Å²) in [5.74, 6) is 0.626. The Labute approximate surface area is 151 Å². The molecule has 4 heteroatoms. The van der Waals surface area contributed by atoms with E-state index < -0.39 is 0 Å². The van der Waals surface area contributed by atoms with E-state index in [0.29, 0.717) is 0 Å². The molecule has 1 aromatic carbocycles. The molecule has 0 atom stereocenters. The average molecular weight is 346 g/mol. The van der Waals surface area contributed by atoms with E-state index in [1.54, 1.807) is 17.8 Å². The van der Waals surface area contributed by atoms with Crippen LogP contribution in [-0.2, 0) is 6.54 Å². The van der Waals surface area contributed by atoms with Crippen molar-refractivity contribution in [2.24, 2.45) is 5.92 Å². The molecule has 138 valence electrons. The highest BCUT2D eigenvalue weighted by Gasteiger charge is 2.26. The van der Waals surface area contributed by atoms with Gasteiger partial charge in [-0.2, -0.15) is 0 Å². The normalized spacial score (nSPS) is 20.3. The smallest absolute Gasteiger partial charge is 0.125 e. The number of rotatable bonds is 5. The van der Waals surface area contributed by atoms with Crippen molar-refractivity contribution >= 4 is 5.69 Å². The van der Waals surface area contributed by atoms with E-state index in [9.17, 15) is 4.39 Å². The first-order valence-electron chi connectivity index (χ1n) is 9.72. The highest BCUT2D eigenvalue weighted by molar-refractivity contribution is 5.54. The maximum atomic E-state index is 13.9. The predicted octanol–water partition coefficient (Wildman–Crippen LogP) is 4.39.